The van der Waals surface area contributed by atoms with Gasteiger partial charge in [0, 0.05) is 24.0 Å². The Labute approximate surface area is 139 Å². The van der Waals surface area contributed by atoms with Gasteiger partial charge in [-0.05, 0) is 30.9 Å². The fourth-order valence-electron chi connectivity index (χ4n) is 2.42. The molecular weight excluding hydrogens is 316 g/mol. The van der Waals surface area contributed by atoms with Crippen LogP contribution in [-0.4, -0.2) is 43.4 Å². The summed E-state index contributed by atoms with van der Waals surface area (Å²) in [6.45, 7) is -0.0207. The van der Waals surface area contributed by atoms with Crippen molar-refractivity contribution in [3.8, 4) is 5.75 Å². The summed E-state index contributed by atoms with van der Waals surface area (Å²) < 4.78 is 16.1. The molecule has 0 atom stereocenters. The number of aliphatic hydroxyl groups is 1. The number of esters is 1. The Morgan fingerprint density at radius 3 is 2.87 bits per heavy atom. The van der Waals surface area contributed by atoms with E-state index in [1.165, 1.54) is 7.11 Å². The van der Waals surface area contributed by atoms with Crippen LogP contribution in [0.15, 0.2) is 22.6 Å². The molecule has 0 radical (unpaired) electrons. The first-order chi connectivity index (χ1) is 11.2. The first-order valence-corrected chi connectivity index (χ1v) is 8.93. The fourth-order valence-corrected chi connectivity index (χ4v) is 2.83. The van der Waals surface area contributed by atoms with Crippen molar-refractivity contribution in [2.24, 2.45) is 0 Å². The lowest BCUT2D eigenvalue weighted by molar-refractivity contribution is -0.142. The zero-order valence-electron chi connectivity index (χ0n) is 13.5. The van der Waals surface area contributed by atoms with E-state index < -0.39 is 5.97 Å². The molecule has 1 aromatic heterocycles. The summed E-state index contributed by atoms with van der Waals surface area (Å²) in [6, 6.07) is 5.67. The Hall–Kier alpha value is -1.66. The third-order valence-electron chi connectivity index (χ3n) is 3.56. The van der Waals surface area contributed by atoms with Gasteiger partial charge in [0.25, 0.3) is 0 Å². The summed E-state index contributed by atoms with van der Waals surface area (Å²) in [5, 5.41) is 10.1. The Morgan fingerprint density at radius 2 is 2.17 bits per heavy atom. The molecule has 0 unspecified atom stereocenters. The molecule has 0 aliphatic carbocycles. The molecule has 0 saturated carbocycles. The van der Waals surface area contributed by atoms with Crippen molar-refractivity contribution < 1.29 is 23.8 Å². The predicted octanol–water partition coefficient (Wildman–Crippen LogP) is 2.82. The van der Waals surface area contributed by atoms with E-state index in [1.54, 1.807) is 17.8 Å². The van der Waals surface area contributed by atoms with Crippen molar-refractivity contribution in [1.82, 2.24) is 0 Å². The van der Waals surface area contributed by atoms with Crippen LogP contribution >= 0.6 is 11.8 Å². The van der Waals surface area contributed by atoms with Crippen LogP contribution < -0.4 is 4.74 Å². The number of carbonyl (C=O) groups excluding carboxylic acids is 1. The van der Waals surface area contributed by atoms with E-state index in [9.17, 15) is 4.79 Å². The van der Waals surface area contributed by atoms with Crippen LogP contribution in [0.4, 0.5) is 0 Å². The molecule has 23 heavy (non-hydrogen) atoms. The zero-order chi connectivity index (χ0) is 16.7. The van der Waals surface area contributed by atoms with E-state index in [0.717, 1.165) is 28.9 Å². The Morgan fingerprint density at radius 1 is 1.35 bits per heavy atom. The number of benzene rings is 1. The van der Waals surface area contributed by atoms with E-state index in [4.69, 9.17) is 14.3 Å². The van der Waals surface area contributed by atoms with Gasteiger partial charge in [0.1, 0.15) is 5.76 Å². The van der Waals surface area contributed by atoms with Crippen molar-refractivity contribution in [3.05, 3.63) is 29.5 Å². The molecule has 1 heterocycles. The summed E-state index contributed by atoms with van der Waals surface area (Å²) in [6.07, 6.45) is 4.31. The summed E-state index contributed by atoms with van der Waals surface area (Å²) in [5.74, 6) is 1.98. The summed E-state index contributed by atoms with van der Waals surface area (Å²) in [7, 11) is 1.33. The van der Waals surface area contributed by atoms with Crippen LogP contribution in [0.1, 0.15) is 17.7 Å². The maximum absolute atomic E-state index is 11.3. The molecular formula is C17H22O5S. The van der Waals surface area contributed by atoms with E-state index >= 15 is 0 Å². The highest BCUT2D eigenvalue weighted by Gasteiger charge is 2.17. The lowest BCUT2D eigenvalue weighted by Crippen LogP contribution is -2.12. The molecule has 0 aliphatic rings. The topological polar surface area (TPSA) is 68.9 Å². The first kappa shape index (κ1) is 17.7. The number of furan rings is 1. The van der Waals surface area contributed by atoms with Gasteiger partial charge in [-0.25, -0.2) is 4.79 Å². The number of rotatable bonds is 9. The summed E-state index contributed by atoms with van der Waals surface area (Å²) >= 11 is 1.78. The molecule has 126 valence electrons. The minimum absolute atomic E-state index is 0.130. The van der Waals surface area contributed by atoms with Crippen molar-refractivity contribution >= 4 is 28.7 Å². The van der Waals surface area contributed by atoms with Gasteiger partial charge < -0.3 is 19.0 Å². The van der Waals surface area contributed by atoms with Gasteiger partial charge in [0.05, 0.1) is 7.11 Å². The third kappa shape index (κ3) is 4.42. The van der Waals surface area contributed by atoms with Gasteiger partial charge in [-0.2, -0.15) is 11.8 Å². The highest BCUT2D eigenvalue weighted by atomic mass is 32.2. The van der Waals surface area contributed by atoms with E-state index in [1.807, 2.05) is 12.1 Å². The monoisotopic (exact) mass is 338 g/mol. The van der Waals surface area contributed by atoms with Gasteiger partial charge in [-0.15, -0.1) is 0 Å². The van der Waals surface area contributed by atoms with Crippen LogP contribution in [-0.2, 0) is 22.4 Å². The second-order valence-corrected chi connectivity index (χ2v) is 6.06. The quantitative estimate of drug-likeness (QED) is 0.709. The second kappa shape index (κ2) is 8.84. The normalized spacial score (nSPS) is 10.9. The zero-order valence-corrected chi connectivity index (χ0v) is 14.3. The molecule has 2 aromatic rings. The summed E-state index contributed by atoms with van der Waals surface area (Å²) in [4.78, 5) is 11.3. The van der Waals surface area contributed by atoms with Gasteiger partial charge in [-0.1, -0.05) is 12.1 Å². The number of fused-ring (bicyclic) bond motifs is 1. The SMILES string of the molecule is COC(=O)COc1cccc2c(CCSC)c(CCCO)oc12. The first-order valence-electron chi connectivity index (χ1n) is 7.54. The number of methoxy groups -OCH3 is 1. The minimum atomic E-state index is -0.434. The number of ether oxygens (including phenoxy) is 2. The van der Waals surface area contributed by atoms with Crippen LogP contribution in [0.25, 0.3) is 11.0 Å². The van der Waals surface area contributed by atoms with E-state index in [-0.39, 0.29) is 13.2 Å². The van der Waals surface area contributed by atoms with Crippen molar-refractivity contribution in [3.63, 3.8) is 0 Å². The summed E-state index contributed by atoms with van der Waals surface area (Å²) in [5.41, 5.74) is 1.81. The fraction of sp³-hybridized carbons (Fsp3) is 0.471. The molecule has 0 fully saturated rings. The largest absolute Gasteiger partial charge is 0.478 e. The van der Waals surface area contributed by atoms with Crippen molar-refractivity contribution in [2.45, 2.75) is 19.3 Å². The van der Waals surface area contributed by atoms with Crippen molar-refractivity contribution in [1.29, 1.82) is 0 Å². The molecule has 1 aromatic carbocycles. The minimum Gasteiger partial charge on any atom is -0.478 e. The lowest BCUT2D eigenvalue weighted by atomic mass is 10.1. The molecule has 0 spiro atoms. The predicted molar refractivity (Wildman–Crippen MR) is 91.2 cm³/mol. The number of thioether (sulfide) groups is 1. The van der Waals surface area contributed by atoms with Gasteiger partial charge in [-0.3, -0.25) is 0 Å². The van der Waals surface area contributed by atoms with Crippen molar-refractivity contribution in [2.75, 3.05) is 32.3 Å². The average Bonchev–Trinajstić information content (AvgIpc) is 2.93. The molecule has 2 rings (SSSR count). The van der Waals surface area contributed by atoms with Crippen LogP contribution in [0.3, 0.4) is 0 Å². The van der Waals surface area contributed by atoms with Gasteiger partial charge in [0.2, 0.25) is 0 Å². The highest BCUT2D eigenvalue weighted by molar-refractivity contribution is 7.98. The molecule has 1 N–H and O–H groups in total. The maximum atomic E-state index is 11.3. The number of hydrogen-bond donors (Lipinski definition) is 1. The second-order valence-electron chi connectivity index (χ2n) is 5.07. The van der Waals surface area contributed by atoms with E-state index in [0.29, 0.717) is 24.2 Å². The number of aryl methyl sites for hydroxylation is 2. The third-order valence-corrected chi connectivity index (χ3v) is 4.17. The Bertz CT molecular complexity index is 650. The molecule has 0 bridgehead atoms. The van der Waals surface area contributed by atoms with Gasteiger partial charge >= 0.3 is 5.97 Å². The molecule has 6 heteroatoms. The number of carbonyl (C=O) groups is 1. The number of para-hydroxylation sites is 1. The van der Waals surface area contributed by atoms with Crippen LogP contribution in [0, 0.1) is 0 Å². The molecule has 0 aliphatic heterocycles. The van der Waals surface area contributed by atoms with E-state index in [2.05, 4.69) is 11.0 Å². The van der Waals surface area contributed by atoms with Crippen LogP contribution in [0.5, 0.6) is 5.75 Å². The average molecular weight is 338 g/mol. The Balaban J connectivity index is 2.34. The molecule has 0 amide bonds. The lowest BCUT2D eigenvalue weighted by Gasteiger charge is -2.05. The Kier molecular flexibility index (Phi) is 6.80. The van der Waals surface area contributed by atoms with Gasteiger partial charge in [0.15, 0.2) is 17.9 Å². The molecule has 0 saturated heterocycles. The highest BCUT2D eigenvalue weighted by Crippen LogP contribution is 2.34. The maximum Gasteiger partial charge on any atom is 0.343 e. The molecule has 5 nitrogen and oxygen atoms in total. The van der Waals surface area contributed by atoms with Crippen LogP contribution in [0.2, 0.25) is 0 Å². The number of aliphatic hydroxyl groups excluding tert-OH is 1. The standard InChI is InChI=1S/C17H22O5S/c1-20-16(19)11-21-15-6-3-5-13-12(8-10-23-2)14(7-4-9-18)22-17(13)15/h3,5-6,18H,4,7-11H2,1-2H3. The smallest absolute Gasteiger partial charge is 0.343 e. The number of hydrogen-bond acceptors (Lipinski definition) is 6.